The van der Waals surface area contributed by atoms with E-state index in [0.717, 1.165) is 0 Å². The minimum absolute atomic E-state index is 0.0431. The van der Waals surface area contributed by atoms with E-state index in [4.69, 9.17) is 9.47 Å². The Morgan fingerprint density at radius 1 is 1.20 bits per heavy atom. The van der Waals surface area contributed by atoms with Gasteiger partial charge in [0.15, 0.2) is 0 Å². The number of carbonyl (C=O) groups excluding carboxylic acids is 2. The summed E-state index contributed by atoms with van der Waals surface area (Å²) in [4.78, 5) is 31.6. The number of unbranched alkanes of at least 4 members (excludes halogenated alkanes) is 1. The highest BCUT2D eigenvalue weighted by atomic mass is 31.2. The van der Waals surface area contributed by atoms with Crippen molar-refractivity contribution in [3.63, 3.8) is 0 Å². The molecule has 0 saturated carbocycles. The minimum atomic E-state index is -3.16. The molecule has 1 unspecified atom stereocenters. The van der Waals surface area contributed by atoms with Crippen LogP contribution in [0.15, 0.2) is 12.2 Å². The van der Waals surface area contributed by atoms with Crippen molar-refractivity contribution in [1.29, 1.82) is 0 Å². The molecule has 0 fully saturated rings. The molecule has 7 heteroatoms. The Morgan fingerprint density at radius 3 is 2.25 bits per heavy atom. The first-order chi connectivity index (χ1) is 9.28. The second kappa shape index (κ2) is 9.72. The lowest BCUT2D eigenvalue weighted by atomic mass is 10.3. The van der Waals surface area contributed by atoms with Crippen molar-refractivity contribution < 1.29 is 28.5 Å². The Morgan fingerprint density at radius 2 is 1.75 bits per heavy atom. The summed E-state index contributed by atoms with van der Waals surface area (Å²) in [7, 11) is -3.16. The number of hydrogen-bond acceptors (Lipinski definition) is 5. The van der Waals surface area contributed by atoms with E-state index in [1.165, 1.54) is 0 Å². The van der Waals surface area contributed by atoms with E-state index in [2.05, 4.69) is 6.58 Å². The van der Waals surface area contributed by atoms with Gasteiger partial charge in [-0.15, -0.1) is 0 Å². The smallest absolute Gasteiger partial charge is 0.333 e. The van der Waals surface area contributed by atoms with Crippen molar-refractivity contribution in [2.24, 2.45) is 0 Å². The average molecular weight is 306 g/mol. The zero-order valence-electron chi connectivity index (χ0n) is 12.1. The highest BCUT2D eigenvalue weighted by Crippen LogP contribution is 2.40. The van der Waals surface area contributed by atoms with Crippen molar-refractivity contribution in [2.45, 2.75) is 33.1 Å². The third kappa shape index (κ3) is 9.75. The van der Waals surface area contributed by atoms with Crippen LogP contribution in [0.3, 0.4) is 0 Å². The fourth-order valence-corrected chi connectivity index (χ4v) is 2.02. The molecule has 0 aromatic carbocycles. The van der Waals surface area contributed by atoms with Crippen LogP contribution in [0.4, 0.5) is 0 Å². The molecule has 0 bridgehead atoms. The van der Waals surface area contributed by atoms with E-state index >= 15 is 0 Å². The highest BCUT2D eigenvalue weighted by Gasteiger charge is 2.17. The first-order valence-corrected chi connectivity index (χ1v) is 8.60. The van der Waals surface area contributed by atoms with Gasteiger partial charge in [-0.05, 0) is 19.8 Å². The number of ether oxygens (including phenoxy) is 2. The van der Waals surface area contributed by atoms with Gasteiger partial charge in [0, 0.05) is 17.9 Å². The first kappa shape index (κ1) is 18.9. The number of esters is 2. The molecular weight excluding hydrogens is 283 g/mol. The van der Waals surface area contributed by atoms with Crippen LogP contribution in [0.5, 0.6) is 0 Å². The summed E-state index contributed by atoms with van der Waals surface area (Å²) < 4.78 is 21.1. The minimum Gasteiger partial charge on any atom is -0.466 e. The number of carbonyl (C=O) groups is 2. The summed E-state index contributed by atoms with van der Waals surface area (Å²) in [6.07, 6.45) is 1.22. The topological polar surface area (TPSA) is 89.9 Å². The van der Waals surface area contributed by atoms with Crippen LogP contribution < -0.4 is 0 Å². The van der Waals surface area contributed by atoms with E-state index in [9.17, 15) is 19.0 Å². The van der Waals surface area contributed by atoms with E-state index in [1.54, 1.807) is 13.8 Å². The highest BCUT2D eigenvalue weighted by molar-refractivity contribution is 7.57. The van der Waals surface area contributed by atoms with Crippen LogP contribution in [-0.2, 0) is 23.6 Å². The standard InChI is InChI=1S/C13H23O6P/c1-4-20(16,17)10-7-12(14)18-8-5-6-9-19-13(15)11(2)3/h2,4-10H2,1,3H3,(H,16,17). The predicted octanol–water partition coefficient (Wildman–Crippen LogP) is 2.11. The second-order valence-electron chi connectivity index (χ2n) is 4.48. The fourth-order valence-electron chi connectivity index (χ4n) is 1.17. The lowest BCUT2D eigenvalue weighted by Crippen LogP contribution is -2.10. The number of rotatable bonds is 10. The van der Waals surface area contributed by atoms with Crippen molar-refractivity contribution >= 4 is 19.3 Å². The van der Waals surface area contributed by atoms with E-state index in [-0.39, 0.29) is 32.0 Å². The van der Waals surface area contributed by atoms with Crippen molar-refractivity contribution in [2.75, 3.05) is 25.5 Å². The Labute approximate surface area is 119 Å². The maximum absolute atomic E-state index is 11.3. The molecule has 1 atom stereocenters. The summed E-state index contributed by atoms with van der Waals surface area (Å²) in [5, 5.41) is 0. The van der Waals surface area contributed by atoms with Gasteiger partial charge in [0.2, 0.25) is 7.37 Å². The van der Waals surface area contributed by atoms with Crippen LogP contribution in [0, 0.1) is 0 Å². The maximum atomic E-state index is 11.3. The van der Waals surface area contributed by atoms with Crippen molar-refractivity contribution in [3.05, 3.63) is 12.2 Å². The van der Waals surface area contributed by atoms with E-state index < -0.39 is 19.3 Å². The monoisotopic (exact) mass is 306 g/mol. The lowest BCUT2D eigenvalue weighted by molar-refractivity contribution is -0.144. The molecule has 0 aliphatic rings. The summed E-state index contributed by atoms with van der Waals surface area (Å²) in [5.41, 5.74) is 0.348. The van der Waals surface area contributed by atoms with Crippen LogP contribution in [0.1, 0.15) is 33.1 Å². The van der Waals surface area contributed by atoms with Crippen molar-refractivity contribution in [1.82, 2.24) is 0 Å². The third-order valence-corrected chi connectivity index (χ3v) is 4.45. The molecule has 0 spiro atoms. The zero-order valence-corrected chi connectivity index (χ0v) is 13.0. The quantitative estimate of drug-likeness (QED) is 0.288. The molecule has 0 aliphatic carbocycles. The van der Waals surface area contributed by atoms with E-state index in [0.29, 0.717) is 18.4 Å². The van der Waals surface area contributed by atoms with Gasteiger partial charge < -0.3 is 14.4 Å². The van der Waals surface area contributed by atoms with Crippen LogP contribution in [0.25, 0.3) is 0 Å². The molecule has 0 heterocycles. The molecule has 1 N–H and O–H groups in total. The molecular formula is C13H23O6P. The molecule has 0 aromatic heterocycles. The normalized spacial score (nSPS) is 13.3. The van der Waals surface area contributed by atoms with Crippen molar-refractivity contribution in [3.8, 4) is 0 Å². The van der Waals surface area contributed by atoms with Gasteiger partial charge in [0.25, 0.3) is 0 Å². The molecule has 0 saturated heterocycles. The van der Waals surface area contributed by atoms with Crippen LogP contribution in [0.2, 0.25) is 0 Å². The maximum Gasteiger partial charge on any atom is 0.333 e. The SMILES string of the molecule is C=C(C)C(=O)OCCCCOC(=O)CCP(=O)(O)CC. The van der Waals surface area contributed by atoms with Gasteiger partial charge in [0.1, 0.15) is 0 Å². The van der Waals surface area contributed by atoms with Crippen LogP contribution in [-0.4, -0.2) is 42.4 Å². The van der Waals surface area contributed by atoms with Gasteiger partial charge in [0.05, 0.1) is 19.6 Å². The summed E-state index contributed by atoms with van der Waals surface area (Å²) >= 11 is 0. The largest absolute Gasteiger partial charge is 0.466 e. The van der Waals surface area contributed by atoms with Gasteiger partial charge in [-0.25, -0.2) is 4.79 Å². The Bertz CT molecular complexity index is 390. The Balaban J connectivity index is 3.56. The first-order valence-electron chi connectivity index (χ1n) is 6.57. The molecule has 0 aromatic rings. The second-order valence-corrected chi connectivity index (χ2v) is 7.25. The van der Waals surface area contributed by atoms with Crippen LogP contribution >= 0.6 is 7.37 Å². The zero-order chi connectivity index (χ0) is 15.6. The van der Waals surface area contributed by atoms with Gasteiger partial charge in [-0.3, -0.25) is 9.36 Å². The van der Waals surface area contributed by atoms with Gasteiger partial charge in [-0.2, -0.15) is 0 Å². The molecule has 20 heavy (non-hydrogen) atoms. The number of hydrogen-bond donors (Lipinski definition) is 1. The third-order valence-electron chi connectivity index (χ3n) is 2.54. The average Bonchev–Trinajstić information content (AvgIpc) is 2.40. The van der Waals surface area contributed by atoms with Gasteiger partial charge >= 0.3 is 11.9 Å². The lowest BCUT2D eigenvalue weighted by Gasteiger charge is -2.08. The van der Waals surface area contributed by atoms with E-state index in [1.807, 2.05) is 0 Å². The summed E-state index contributed by atoms with van der Waals surface area (Å²) in [5.74, 6) is -0.910. The molecule has 0 rings (SSSR count). The molecule has 6 nitrogen and oxygen atoms in total. The summed E-state index contributed by atoms with van der Waals surface area (Å²) in [6.45, 7) is 7.10. The Hall–Kier alpha value is -1.13. The molecule has 0 amide bonds. The van der Waals surface area contributed by atoms with Gasteiger partial charge in [-0.1, -0.05) is 13.5 Å². The molecule has 0 aliphatic heterocycles. The molecule has 0 radical (unpaired) electrons. The molecule has 116 valence electrons. The Kier molecular flexibility index (Phi) is 9.17. The predicted molar refractivity (Wildman–Crippen MR) is 75.8 cm³/mol. The fraction of sp³-hybridized carbons (Fsp3) is 0.692. The summed E-state index contributed by atoms with van der Waals surface area (Å²) in [6, 6.07) is 0.